The average Bonchev–Trinajstić information content (AvgIpc) is 3.53. The number of nitrogens with zero attached hydrogens (tertiary/aromatic N) is 7. The number of piperazine rings is 1. The third kappa shape index (κ3) is 4.40. The second-order valence-electron chi connectivity index (χ2n) is 10.7. The number of benzene rings is 2. The highest BCUT2D eigenvalue weighted by Gasteiger charge is 2.35. The molecule has 1 saturated heterocycles. The fourth-order valence-corrected chi connectivity index (χ4v) is 6.06. The van der Waals surface area contributed by atoms with Crippen molar-refractivity contribution in [2.24, 2.45) is 0 Å². The summed E-state index contributed by atoms with van der Waals surface area (Å²) in [6.45, 7) is 11.4. The third-order valence-corrected chi connectivity index (χ3v) is 8.03. The van der Waals surface area contributed by atoms with Crippen LogP contribution in [-0.2, 0) is 5.54 Å². The summed E-state index contributed by atoms with van der Waals surface area (Å²) in [4.78, 5) is 26.1. The number of thiazole rings is 1. The first-order valence-corrected chi connectivity index (χ1v) is 13.4. The number of aromatic nitrogens is 6. The SMILES string of the molecule is Cc1ccc2cc(C(c3nnnn3C(C)(C)C)N3CCN(c4nc5ccccc5s4)CC3)c(=O)[nH]c2c1. The Kier molecular flexibility index (Phi) is 5.80. The molecule has 0 saturated carbocycles. The molecule has 1 atom stereocenters. The molecule has 3 aromatic heterocycles. The number of H-pyrrole nitrogens is 1. The summed E-state index contributed by atoms with van der Waals surface area (Å²) in [5, 5.41) is 14.8. The number of anilines is 1. The molecular formula is C27H30N8OS. The van der Waals surface area contributed by atoms with Crippen LogP contribution < -0.4 is 10.5 Å². The number of aromatic amines is 1. The van der Waals surface area contributed by atoms with Gasteiger partial charge in [0.2, 0.25) is 0 Å². The Balaban J connectivity index is 1.38. The van der Waals surface area contributed by atoms with Crippen molar-refractivity contribution in [3.8, 4) is 0 Å². The number of aryl methyl sites for hydroxylation is 1. The van der Waals surface area contributed by atoms with Gasteiger partial charge in [-0.1, -0.05) is 35.6 Å². The van der Waals surface area contributed by atoms with E-state index in [1.807, 2.05) is 29.8 Å². The number of pyridine rings is 1. The first-order valence-electron chi connectivity index (χ1n) is 12.5. The van der Waals surface area contributed by atoms with E-state index < -0.39 is 0 Å². The zero-order valence-corrected chi connectivity index (χ0v) is 22.3. The average molecular weight is 515 g/mol. The standard InChI is InChI=1S/C27H30N8OS/c1-17-9-10-18-16-19(25(36)28-21(18)15-17)23(24-30-31-32-35(24)27(2,3)4)33-11-13-34(14-12-33)26-29-20-7-5-6-8-22(20)37-26/h5-10,15-16,23H,11-14H2,1-4H3,(H,28,36). The number of hydrogen-bond donors (Lipinski definition) is 1. The summed E-state index contributed by atoms with van der Waals surface area (Å²) >= 11 is 1.72. The van der Waals surface area contributed by atoms with Crippen molar-refractivity contribution in [3.05, 3.63) is 75.8 Å². The Morgan fingerprint density at radius 2 is 1.81 bits per heavy atom. The van der Waals surface area contributed by atoms with Gasteiger partial charge in [0.1, 0.15) is 6.04 Å². The Morgan fingerprint density at radius 1 is 1.03 bits per heavy atom. The lowest BCUT2D eigenvalue weighted by molar-refractivity contribution is 0.190. The molecule has 1 aliphatic heterocycles. The van der Waals surface area contributed by atoms with Gasteiger partial charge in [-0.2, -0.15) is 0 Å². The third-order valence-electron chi connectivity index (χ3n) is 6.93. The van der Waals surface area contributed by atoms with Gasteiger partial charge in [-0.05, 0) is 73.3 Å². The monoisotopic (exact) mass is 514 g/mol. The Morgan fingerprint density at radius 3 is 2.57 bits per heavy atom. The highest BCUT2D eigenvalue weighted by Crippen LogP contribution is 2.33. The van der Waals surface area contributed by atoms with Gasteiger partial charge in [-0.25, -0.2) is 9.67 Å². The van der Waals surface area contributed by atoms with Crippen LogP contribution >= 0.6 is 11.3 Å². The number of hydrogen-bond acceptors (Lipinski definition) is 8. The summed E-state index contributed by atoms with van der Waals surface area (Å²) < 4.78 is 3.04. The molecule has 1 unspecified atom stereocenters. The lowest BCUT2D eigenvalue weighted by Crippen LogP contribution is -2.49. The van der Waals surface area contributed by atoms with E-state index in [1.165, 1.54) is 4.70 Å². The quantitative estimate of drug-likeness (QED) is 0.386. The minimum absolute atomic E-state index is 0.111. The summed E-state index contributed by atoms with van der Waals surface area (Å²) in [5.74, 6) is 0.679. The lowest BCUT2D eigenvalue weighted by atomic mass is 10.0. The number of fused-ring (bicyclic) bond motifs is 2. The van der Waals surface area contributed by atoms with Crippen molar-refractivity contribution in [1.82, 2.24) is 35.1 Å². The maximum Gasteiger partial charge on any atom is 0.253 e. The molecule has 37 heavy (non-hydrogen) atoms. The maximum absolute atomic E-state index is 13.5. The second kappa shape index (κ2) is 9.04. The van der Waals surface area contributed by atoms with E-state index in [4.69, 9.17) is 4.98 Å². The Bertz CT molecular complexity index is 1600. The van der Waals surface area contributed by atoms with Crippen LogP contribution in [0.25, 0.3) is 21.1 Å². The molecular weight excluding hydrogens is 484 g/mol. The van der Waals surface area contributed by atoms with Crippen molar-refractivity contribution < 1.29 is 0 Å². The lowest BCUT2D eigenvalue weighted by Gasteiger charge is -2.39. The summed E-state index contributed by atoms with van der Waals surface area (Å²) in [6, 6.07) is 16.0. The van der Waals surface area contributed by atoms with Crippen LogP contribution in [0.2, 0.25) is 0 Å². The van der Waals surface area contributed by atoms with Crippen molar-refractivity contribution in [2.45, 2.75) is 39.3 Å². The van der Waals surface area contributed by atoms with Crippen molar-refractivity contribution >= 4 is 37.6 Å². The first kappa shape index (κ1) is 23.7. The molecule has 1 N–H and O–H groups in total. The van der Waals surface area contributed by atoms with Gasteiger partial charge < -0.3 is 9.88 Å². The number of tetrazole rings is 1. The number of nitrogens with one attached hydrogen (secondary N) is 1. The molecule has 1 fully saturated rings. The summed E-state index contributed by atoms with van der Waals surface area (Å²) in [7, 11) is 0. The summed E-state index contributed by atoms with van der Waals surface area (Å²) in [6.07, 6.45) is 0. The van der Waals surface area contributed by atoms with Gasteiger partial charge in [0.25, 0.3) is 5.56 Å². The first-order chi connectivity index (χ1) is 17.8. The van der Waals surface area contributed by atoms with E-state index in [0.717, 1.165) is 53.3 Å². The van der Waals surface area contributed by atoms with Crippen LogP contribution in [0.3, 0.4) is 0 Å². The Hall–Kier alpha value is -3.63. The molecule has 2 aromatic carbocycles. The molecule has 0 amide bonds. The minimum atomic E-state index is -0.374. The maximum atomic E-state index is 13.5. The molecule has 0 aliphatic carbocycles. The predicted octanol–water partition coefficient (Wildman–Crippen LogP) is 4.10. The van der Waals surface area contributed by atoms with Crippen LogP contribution in [0.15, 0.2) is 53.3 Å². The second-order valence-corrected chi connectivity index (χ2v) is 11.7. The normalized spacial score (nSPS) is 16.1. The highest BCUT2D eigenvalue weighted by atomic mass is 32.1. The zero-order chi connectivity index (χ0) is 25.7. The molecule has 1 aliphatic rings. The van der Waals surface area contributed by atoms with Crippen LogP contribution in [0.5, 0.6) is 0 Å². The van der Waals surface area contributed by atoms with E-state index in [0.29, 0.717) is 11.4 Å². The molecule has 0 bridgehead atoms. The predicted molar refractivity (Wildman–Crippen MR) is 147 cm³/mol. The van der Waals surface area contributed by atoms with E-state index in [1.54, 1.807) is 11.3 Å². The molecule has 9 nitrogen and oxygen atoms in total. The van der Waals surface area contributed by atoms with Crippen molar-refractivity contribution in [1.29, 1.82) is 0 Å². The fourth-order valence-electron chi connectivity index (χ4n) is 5.04. The molecule has 0 radical (unpaired) electrons. The molecule has 190 valence electrons. The van der Waals surface area contributed by atoms with Gasteiger partial charge in [-0.3, -0.25) is 9.69 Å². The van der Waals surface area contributed by atoms with E-state index >= 15 is 0 Å². The van der Waals surface area contributed by atoms with Crippen LogP contribution in [0.1, 0.15) is 43.8 Å². The van der Waals surface area contributed by atoms with Gasteiger partial charge in [0.05, 0.1) is 15.8 Å². The zero-order valence-electron chi connectivity index (χ0n) is 21.5. The van der Waals surface area contributed by atoms with Gasteiger partial charge in [0, 0.05) is 37.3 Å². The molecule has 0 spiro atoms. The summed E-state index contributed by atoms with van der Waals surface area (Å²) in [5.41, 5.74) is 3.19. The number of rotatable bonds is 4. The van der Waals surface area contributed by atoms with Crippen LogP contribution in [-0.4, -0.2) is 61.3 Å². The molecule has 6 rings (SSSR count). The highest BCUT2D eigenvalue weighted by molar-refractivity contribution is 7.22. The molecule has 10 heteroatoms. The van der Waals surface area contributed by atoms with E-state index in [2.05, 4.69) is 81.4 Å². The van der Waals surface area contributed by atoms with Gasteiger partial charge >= 0.3 is 0 Å². The van der Waals surface area contributed by atoms with Crippen LogP contribution in [0.4, 0.5) is 5.13 Å². The van der Waals surface area contributed by atoms with E-state index in [9.17, 15) is 4.79 Å². The number of para-hydroxylation sites is 1. The fraction of sp³-hybridized carbons (Fsp3) is 0.370. The van der Waals surface area contributed by atoms with Gasteiger partial charge in [-0.15, -0.1) is 5.10 Å². The van der Waals surface area contributed by atoms with Crippen molar-refractivity contribution in [2.75, 3.05) is 31.1 Å². The smallest absolute Gasteiger partial charge is 0.253 e. The Labute approximate surface area is 218 Å². The van der Waals surface area contributed by atoms with Crippen molar-refractivity contribution in [3.63, 3.8) is 0 Å². The van der Waals surface area contributed by atoms with Gasteiger partial charge in [0.15, 0.2) is 11.0 Å². The van der Waals surface area contributed by atoms with E-state index in [-0.39, 0.29) is 17.1 Å². The minimum Gasteiger partial charge on any atom is -0.345 e. The largest absolute Gasteiger partial charge is 0.345 e. The molecule has 4 heterocycles. The molecule has 5 aromatic rings. The topological polar surface area (TPSA) is 95.8 Å². The van der Waals surface area contributed by atoms with Crippen LogP contribution in [0, 0.1) is 6.92 Å².